The lowest BCUT2D eigenvalue weighted by atomic mass is 10.1. The maximum Gasteiger partial charge on any atom is 0.290 e. The van der Waals surface area contributed by atoms with Crippen LogP contribution in [0.2, 0.25) is 0 Å². The molecule has 5 rings (SSSR count). The lowest BCUT2D eigenvalue weighted by Crippen LogP contribution is -2.32. The number of halogens is 2. The number of hydrogen-bond donors (Lipinski definition) is 1. The predicted molar refractivity (Wildman–Crippen MR) is 110 cm³/mol. The molecule has 0 saturated carbocycles. The molecule has 31 heavy (non-hydrogen) atoms. The Balaban J connectivity index is 1.52. The van der Waals surface area contributed by atoms with Crippen LogP contribution in [-0.4, -0.2) is 50.1 Å². The summed E-state index contributed by atoms with van der Waals surface area (Å²) in [4.78, 5) is 35.4. The Hall–Kier alpha value is -3.88. The highest BCUT2D eigenvalue weighted by Crippen LogP contribution is 2.28. The minimum absolute atomic E-state index is 0.0426. The number of carbonyl (C=O) groups excluding carboxylic acids is 2. The summed E-state index contributed by atoms with van der Waals surface area (Å²) in [5.74, 6) is -4.11. The molecule has 9 heteroatoms. The smallest absolute Gasteiger partial charge is 0.290 e. The Morgan fingerprint density at radius 1 is 1.10 bits per heavy atom. The largest absolute Gasteiger partial charge is 0.330 e. The lowest BCUT2D eigenvalue weighted by Gasteiger charge is -2.14. The number of pyridine rings is 2. The molecule has 0 atom stereocenters. The van der Waals surface area contributed by atoms with E-state index in [1.54, 1.807) is 55.0 Å². The maximum absolute atomic E-state index is 13.6. The molecule has 1 aromatic carbocycles. The third-order valence-electron chi connectivity index (χ3n) is 5.34. The zero-order valence-electron chi connectivity index (χ0n) is 16.3. The topological polar surface area (TPSA) is 79.6 Å². The number of aromatic nitrogens is 3. The van der Waals surface area contributed by atoms with E-state index in [1.807, 2.05) is 6.07 Å². The summed E-state index contributed by atoms with van der Waals surface area (Å²) < 4.78 is 28.7. The number of fused-ring (bicyclic) bond motifs is 2. The highest BCUT2D eigenvalue weighted by Gasteiger charge is 2.41. The van der Waals surface area contributed by atoms with Crippen LogP contribution in [0.25, 0.3) is 16.3 Å². The van der Waals surface area contributed by atoms with Crippen molar-refractivity contribution in [3.05, 3.63) is 72.6 Å². The predicted octanol–water partition coefficient (Wildman–Crippen LogP) is 3.62. The van der Waals surface area contributed by atoms with Crippen LogP contribution in [0, 0.1) is 0 Å². The molecule has 0 radical (unpaired) electrons. The zero-order chi connectivity index (χ0) is 21.6. The first-order valence-corrected chi connectivity index (χ1v) is 9.71. The van der Waals surface area contributed by atoms with Crippen molar-refractivity contribution in [3.8, 4) is 0 Å². The van der Waals surface area contributed by atoms with Gasteiger partial charge in [-0.05, 0) is 24.3 Å². The number of benzene rings is 1. The summed E-state index contributed by atoms with van der Waals surface area (Å²) in [5.41, 5.74) is 1.03. The first-order chi connectivity index (χ1) is 14.9. The molecule has 0 aliphatic carbocycles. The van der Waals surface area contributed by atoms with Crippen molar-refractivity contribution in [2.24, 2.45) is 0 Å². The van der Waals surface area contributed by atoms with Crippen molar-refractivity contribution >= 4 is 33.8 Å². The number of alkyl halides is 2. The molecule has 0 unspecified atom stereocenters. The number of imidazole rings is 1. The van der Waals surface area contributed by atoms with Gasteiger partial charge >= 0.3 is 0 Å². The second-order valence-electron chi connectivity index (χ2n) is 7.43. The summed E-state index contributed by atoms with van der Waals surface area (Å²) in [6.45, 7) is -0.710. The number of nitrogens with one attached hydrogen (secondary N) is 1. The third-order valence-corrected chi connectivity index (χ3v) is 5.34. The highest BCUT2D eigenvalue weighted by molar-refractivity contribution is 6.12. The Kier molecular flexibility index (Phi) is 4.39. The van der Waals surface area contributed by atoms with Crippen molar-refractivity contribution in [2.75, 3.05) is 18.4 Å². The molecule has 1 aliphatic heterocycles. The van der Waals surface area contributed by atoms with Crippen LogP contribution in [0.4, 0.5) is 14.5 Å². The molecule has 1 N–H and O–H groups in total. The quantitative estimate of drug-likeness (QED) is 0.548. The molecule has 0 bridgehead atoms. The van der Waals surface area contributed by atoms with E-state index in [9.17, 15) is 18.4 Å². The summed E-state index contributed by atoms with van der Waals surface area (Å²) in [6.07, 6.45) is 4.53. The standard InChI is InChI=1S/C22H17F2N5O2/c23-22(24)8-11-28(13-22)21(31)19-27-18(17-6-1-2-10-29(17)19)20(30)26-16-5-3-4-14-12-25-9-7-15(14)16/h1-7,9-10,12H,8,11,13H2,(H,26,30). The Morgan fingerprint density at radius 2 is 1.97 bits per heavy atom. The molecular formula is C22H17F2N5O2. The van der Waals surface area contributed by atoms with E-state index in [0.717, 1.165) is 15.7 Å². The summed E-state index contributed by atoms with van der Waals surface area (Å²) in [5, 5.41) is 4.51. The van der Waals surface area contributed by atoms with Crippen LogP contribution >= 0.6 is 0 Å². The van der Waals surface area contributed by atoms with Gasteiger partial charge in [0.2, 0.25) is 5.82 Å². The van der Waals surface area contributed by atoms with Crippen LogP contribution in [0.5, 0.6) is 0 Å². The van der Waals surface area contributed by atoms with E-state index in [1.165, 1.54) is 4.40 Å². The van der Waals surface area contributed by atoms with Gasteiger partial charge in [-0.25, -0.2) is 13.8 Å². The molecule has 7 nitrogen and oxygen atoms in total. The van der Waals surface area contributed by atoms with Crippen LogP contribution < -0.4 is 5.32 Å². The molecule has 3 aromatic heterocycles. The van der Waals surface area contributed by atoms with E-state index < -0.39 is 24.3 Å². The minimum Gasteiger partial charge on any atom is -0.330 e. The normalized spacial score (nSPS) is 15.5. The van der Waals surface area contributed by atoms with E-state index in [0.29, 0.717) is 11.2 Å². The van der Waals surface area contributed by atoms with E-state index >= 15 is 0 Å². The van der Waals surface area contributed by atoms with Gasteiger partial charge in [-0.15, -0.1) is 0 Å². The average Bonchev–Trinajstić information content (AvgIpc) is 3.34. The summed E-state index contributed by atoms with van der Waals surface area (Å²) >= 11 is 0. The van der Waals surface area contributed by atoms with Gasteiger partial charge in [0, 0.05) is 48.0 Å². The average molecular weight is 421 g/mol. The monoisotopic (exact) mass is 421 g/mol. The van der Waals surface area contributed by atoms with Crippen LogP contribution in [0.1, 0.15) is 27.5 Å². The van der Waals surface area contributed by atoms with Gasteiger partial charge in [0.1, 0.15) is 0 Å². The van der Waals surface area contributed by atoms with Crippen molar-refractivity contribution in [3.63, 3.8) is 0 Å². The fraction of sp³-hybridized carbons (Fsp3) is 0.182. The number of hydrogen-bond acceptors (Lipinski definition) is 4. The molecular weight excluding hydrogens is 404 g/mol. The Labute approximate surface area is 175 Å². The number of likely N-dealkylation sites (tertiary alicyclic amines) is 1. The lowest BCUT2D eigenvalue weighted by molar-refractivity contribution is 0.0118. The van der Waals surface area contributed by atoms with Crippen molar-refractivity contribution < 1.29 is 18.4 Å². The van der Waals surface area contributed by atoms with Crippen molar-refractivity contribution in [1.29, 1.82) is 0 Å². The van der Waals surface area contributed by atoms with E-state index in [-0.39, 0.29) is 24.5 Å². The number of amides is 2. The second kappa shape index (κ2) is 7.12. The van der Waals surface area contributed by atoms with E-state index in [4.69, 9.17) is 0 Å². The van der Waals surface area contributed by atoms with Crippen molar-refractivity contribution in [1.82, 2.24) is 19.3 Å². The maximum atomic E-state index is 13.6. The third kappa shape index (κ3) is 3.37. The highest BCUT2D eigenvalue weighted by atomic mass is 19.3. The summed E-state index contributed by atoms with van der Waals surface area (Å²) in [7, 11) is 0. The van der Waals surface area contributed by atoms with Gasteiger partial charge in [0.15, 0.2) is 5.69 Å². The number of nitrogens with zero attached hydrogens (tertiary/aromatic N) is 4. The number of anilines is 1. The van der Waals surface area contributed by atoms with Gasteiger partial charge in [-0.1, -0.05) is 18.2 Å². The molecule has 4 aromatic rings. The van der Waals surface area contributed by atoms with Gasteiger partial charge in [0.05, 0.1) is 12.1 Å². The fourth-order valence-electron chi connectivity index (χ4n) is 3.82. The molecule has 1 saturated heterocycles. The van der Waals surface area contributed by atoms with Crippen molar-refractivity contribution in [2.45, 2.75) is 12.3 Å². The number of carbonyl (C=O) groups is 2. The molecule has 156 valence electrons. The molecule has 1 aliphatic rings. The molecule has 4 heterocycles. The van der Waals surface area contributed by atoms with Crippen LogP contribution in [0.15, 0.2) is 61.1 Å². The van der Waals surface area contributed by atoms with Crippen LogP contribution in [-0.2, 0) is 0 Å². The molecule has 0 spiro atoms. The Morgan fingerprint density at radius 3 is 2.77 bits per heavy atom. The van der Waals surface area contributed by atoms with Gasteiger partial charge in [-0.2, -0.15) is 0 Å². The zero-order valence-corrected chi connectivity index (χ0v) is 16.3. The van der Waals surface area contributed by atoms with Crippen LogP contribution in [0.3, 0.4) is 0 Å². The SMILES string of the molecule is O=C(Nc1cccc2cnccc12)c1nc(C(=O)N2CCC(F)(F)C2)n2ccccc12. The molecule has 2 amide bonds. The van der Waals surface area contributed by atoms with Gasteiger partial charge in [0.25, 0.3) is 17.7 Å². The summed E-state index contributed by atoms with van der Waals surface area (Å²) in [6, 6.07) is 12.3. The van der Waals surface area contributed by atoms with Gasteiger partial charge in [-0.3, -0.25) is 19.0 Å². The Bertz CT molecular complexity index is 1330. The first kappa shape index (κ1) is 19.1. The fourth-order valence-corrected chi connectivity index (χ4v) is 3.82. The number of rotatable bonds is 3. The first-order valence-electron chi connectivity index (χ1n) is 9.71. The van der Waals surface area contributed by atoms with E-state index in [2.05, 4.69) is 15.3 Å². The minimum atomic E-state index is -2.91. The second-order valence-corrected chi connectivity index (χ2v) is 7.43. The van der Waals surface area contributed by atoms with Gasteiger partial charge < -0.3 is 10.2 Å². The molecule has 1 fully saturated rings.